The molecule has 0 aliphatic rings. The zero-order chi connectivity index (χ0) is 18.6. The second-order valence-corrected chi connectivity index (χ2v) is 7.16. The van der Waals surface area contributed by atoms with E-state index in [1.54, 1.807) is 16.3 Å². The minimum Gasteiger partial charge on any atom is -0.349 e. The molecular weight excluding hydrogens is 382 g/mol. The molecule has 0 radical (unpaired) electrons. The molecule has 0 unspecified atom stereocenters. The first kappa shape index (κ1) is 21.1. The Morgan fingerprint density at radius 3 is 2.63 bits per heavy atom. The zero-order valence-corrected chi connectivity index (χ0v) is 17.0. The van der Waals surface area contributed by atoms with Crippen molar-refractivity contribution in [2.75, 3.05) is 6.54 Å². The molecule has 1 amide bonds. The Kier molecular flexibility index (Phi) is 7.12. The maximum absolute atomic E-state index is 12.4. The van der Waals surface area contributed by atoms with E-state index in [-0.39, 0.29) is 23.9 Å². The van der Waals surface area contributed by atoms with Crippen molar-refractivity contribution in [1.82, 2.24) is 20.1 Å². The third kappa shape index (κ3) is 4.94. The van der Waals surface area contributed by atoms with Gasteiger partial charge in [-0.1, -0.05) is 32.0 Å². The largest absolute Gasteiger partial charge is 0.349 e. The number of rotatable bonds is 7. The van der Waals surface area contributed by atoms with Crippen LogP contribution in [-0.2, 0) is 0 Å². The molecular formula is C19H24ClN5OS. The minimum absolute atomic E-state index is 0. The topological polar surface area (TPSA) is 85.8 Å². The van der Waals surface area contributed by atoms with Gasteiger partial charge in [-0.05, 0) is 25.0 Å². The van der Waals surface area contributed by atoms with Crippen LogP contribution in [0.1, 0.15) is 37.2 Å². The summed E-state index contributed by atoms with van der Waals surface area (Å²) in [7, 11) is 0. The third-order valence-electron chi connectivity index (χ3n) is 4.60. The highest BCUT2D eigenvalue weighted by Gasteiger charge is 2.22. The number of aromatic nitrogens is 3. The Morgan fingerprint density at radius 1 is 1.26 bits per heavy atom. The molecule has 27 heavy (non-hydrogen) atoms. The Morgan fingerprint density at radius 2 is 1.96 bits per heavy atom. The van der Waals surface area contributed by atoms with E-state index in [1.807, 2.05) is 50.4 Å². The van der Waals surface area contributed by atoms with Crippen LogP contribution in [0.3, 0.4) is 0 Å². The van der Waals surface area contributed by atoms with Crippen LogP contribution in [0.2, 0.25) is 0 Å². The summed E-state index contributed by atoms with van der Waals surface area (Å²) in [6.07, 6.45) is 5.29. The van der Waals surface area contributed by atoms with Gasteiger partial charge >= 0.3 is 0 Å². The monoisotopic (exact) mass is 405 g/mol. The number of halogens is 1. The first-order chi connectivity index (χ1) is 12.5. The van der Waals surface area contributed by atoms with Crippen molar-refractivity contribution < 1.29 is 4.79 Å². The van der Waals surface area contributed by atoms with Crippen molar-refractivity contribution >= 4 is 29.7 Å². The van der Waals surface area contributed by atoms with E-state index in [0.29, 0.717) is 12.2 Å². The minimum atomic E-state index is -0.370. The van der Waals surface area contributed by atoms with Crippen molar-refractivity contribution in [1.29, 1.82) is 0 Å². The number of nitrogens with zero attached hydrogens (tertiary/aromatic N) is 3. The molecule has 144 valence electrons. The molecule has 6 nitrogen and oxygen atoms in total. The van der Waals surface area contributed by atoms with Gasteiger partial charge in [-0.15, -0.1) is 23.7 Å². The van der Waals surface area contributed by atoms with E-state index < -0.39 is 0 Å². The van der Waals surface area contributed by atoms with Crippen LogP contribution in [0.25, 0.3) is 16.3 Å². The number of hydrogen-bond acceptors (Lipinski definition) is 5. The Hall–Kier alpha value is -2.22. The highest BCUT2D eigenvalue weighted by Crippen LogP contribution is 2.24. The molecule has 3 rings (SSSR count). The molecule has 0 aliphatic carbocycles. The number of carbonyl (C=O) groups excluding carboxylic acids is 1. The zero-order valence-electron chi connectivity index (χ0n) is 15.4. The molecule has 0 saturated carbocycles. The third-order valence-corrected chi connectivity index (χ3v) is 5.49. The van der Waals surface area contributed by atoms with Gasteiger partial charge in [-0.25, -0.2) is 9.67 Å². The number of hydrogen-bond donors (Lipinski definition) is 2. The molecule has 0 bridgehead atoms. The van der Waals surface area contributed by atoms with Crippen molar-refractivity contribution in [3.63, 3.8) is 0 Å². The van der Waals surface area contributed by atoms with Crippen LogP contribution in [0.15, 0.2) is 48.1 Å². The second-order valence-electron chi connectivity index (χ2n) is 6.30. The lowest BCUT2D eigenvalue weighted by Crippen LogP contribution is -2.49. The predicted molar refractivity (Wildman–Crippen MR) is 112 cm³/mol. The average molecular weight is 406 g/mol. The number of amides is 1. The van der Waals surface area contributed by atoms with Crippen molar-refractivity contribution in [2.24, 2.45) is 5.73 Å². The summed E-state index contributed by atoms with van der Waals surface area (Å²) >= 11 is 1.43. The average Bonchev–Trinajstić information content (AvgIpc) is 3.36. The first-order valence-corrected chi connectivity index (χ1v) is 9.55. The SMILES string of the molecule is CCC(N)(CC)CNC(=O)c1csc(-c2cnn(-c3ccccc3)c2)n1.Cl. The van der Waals surface area contributed by atoms with Crippen LogP contribution in [0.5, 0.6) is 0 Å². The van der Waals surface area contributed by atoms with Crippen LogP contribution in [0, 0.1) is 0 Å². The Labute approximate surface area is 169 Å². The summed E-state index contributed by atoms with van der Waals surface area (Å²) in [6.45, 7) is 4.50. The van der Waals surface area contributed by atoms with Crippen molar-refractivity contribution in [3.8, 4) is 16.3 Å². The molecule has 0 saturated heterocycles. The molecule has 0 spiro atoms. The molecule has 1 aromatic carbocycles. The van der Waals surface area contributed by atoms with Crippen LogP contribution in [0.4, 0.5) is 0 Å². The summed E-state index contributed by atoms with van der Waals surface area (Å²) in [5.74, 6) is -0.195. The first-order valence-electron chi connectivity index (χ1n) is 8.67. The summed E-state index contributed by atoms with van der Waals surface area (Å²) in [5, 5.41) is 9.80. The van der Waals surface area contributed by atoms with Gasteiger partial charge in [-0.3, -0.25) is 4.79 Å². The van der Waals surface area contributed by atoms with Gasteiger partial charge in [0.1, 0.15) is 10.7 Å². The van der Waals surface area contributed by atoms with Gasteiger partial charge in [0.2, 0.25) is 0 Å². The summed E-state index contributed by atoms with van der Waals surface area (Å²) < 4.78 is 1.79. The fourth-order valence-electron chi connectivity index (χ4n) is 2.51. The van der Waals surface area contributed by atoms with Gasteiger partial charge in [0.25, 0.3) is 5.91 Å². The molecule has 0 atom stereocenters. The predicted octanol–water partition coefficient (Wildman–Crippen LogP) is 3.66. The molecule has 0 fully saturated rings. The summed E-state index contributed by atoms with van der Waals surface area (Å²) in [6, 6.07) is 9.86. The van der Waals surface area contributed by atoms with Gasteiger partial charge < -0.3 is 11.1 Å². The number of carbonyl (C=O) groups is 1. The Bertz CT molecular complexity index is 873. The van der Waals surface area contributed by atoms with Crippen molar-refractivity contribution in [2.45, 2.75) is 32.2 Å². The number of nitrogens with two attached hydrogens (primary N) is 1. The maximum atomic E-state index is 12.4. The van der Waals surface area contributed by atoms with Gasteiger partial charge in [0, 0.05) is 29.2 Å². The van der Waals surface area contributed by atoms with E-state index in [1.165, 1.54) is 11.3 Å². The number of para-hydroxylation sites is 1. The van der Waals surface area contributed by atoms with Crippen molar-refractivity contribution in [3.05, 3.63) is 53.8 Å². The highest BCUT2D eigenvalue weighted by atomic mass is 35.5. The lowest BCUT2D eigenvalue weighted by atomic mass is 9.94. The van der Waals surface area contributed by atoms with Gasteiger partial charge in [-0.2, -0.15) is 5.10 Å². The lowest BCUT2D eigenvalue weighted by Gasteiger charge is -2.26. The van der Waals surface area contributed by atoms with E-state index in [2.05, 4.69) is 15.4 Å². The summed E-state index contributed by atoms with van der Waals surface area (Å²) in [5.41, 5.74) is 8.13. The fourth-order valence-corrected chi connectivity index (χ4v) is 3.29. The van der Waals surface area contributed by atoms with E-state index >= 15 is 0 Å². The molecule has 3 aromatic rings. The molecule has 8 heteroatoms. The van der Waals surface area contributed by atoms with Crippen LogP contribution < -0.4 is 11.1 Å². The normalized spacial score (nSPS) is 11.1. The second kappa shape index (κ2) is 9.12. The van der Waals surface area contributed by atoms with E-state index in [4.69, 9.17) is 5.73 Å². The van der Waals surface area contributed by atoms with Gasteiger partial charge in [0.15, 0.2) is 0 Å². The Balaban J connectivity index is 0.00000261. The molecule has 3 N–H and O–H groups in total. The van der Waals surface area contributed by atoms with E-state index in [0.717, 1.165) is 29.1 Å². The smallest absolute Gasteiger partial charge is 0.270 e. The van der Waals surface area contributed by atoms with Gasteiger partial charge in [0.05, 0.1) is 11.9 Å². The van der Waals surface area contributed by atoms with Crippen LogP contribution in [-0.4, -0.2) is 32.8 Å². The van der Waals surface area contributed by atoms with Crippen LogP contribution >= 0.6 is 23.7 Å². The lowest BCUT2D eigenvalue weighted by molar-refractivity contribution is 0.0938. The molecule has 2 aromatic heterocycles. The number of benzene rings is 1. The fraction of sp³-hybridized carbons (Fsp3) is 0.316. The number of nitrogens with one attached hydrogen (secondary N) is 1. The maximum Gasteiger partial charge on any atom is 0.270 e. The number of thiazole rings is 1. The quantitative estimate of drug-likeness (QED) is 0.628. The molecule has 0 aliphatic heterocycles. The summed E-state index contributed by atoms with van der Waals surface area (Å²) in [4.78, 5) is 16.8. The standard InChI is InChI=1S/C19H23N5OS.ClH/c1-3-19(20,4-2)13-21-17(25)16-12-26-18(23-16)14-10-22-24(11-14)15-8-6-5-7-9-15;/h5-12H,3-4,13,20H2,1-2H3,(H,21,25);1H. The van der Waals surface area contributed by atoms with E-state index in [9.17, 15) is 4.79 Å². The highest BCUT2D eigenvalue weighted by molar-refractivity contribution is 7.13. The molecule has 2 heterocycles.